The number of rotatable bonds is 3. The van der Waals surface area contributed by atoms with Crippen LogP contribution in [-0.4, -0.2) is 11.9 Å². The first-order chi connectivity index (χ1) is 9.15. The van der Waals surface area contributed by atoms with Crippen LogP contribution in [0.2, 0.25) is 0 Å². The van der Waals surface area contributed by atoms with E-state index in [1.54, 1.807) is 12.1 Å². The van der Waals surface area contributed by atoms with Gasteiger partial charge < -0.3 is 15.2 Å². The van der Waals surface area contributed by atoms with Crippen LogP contribution in [0.15, 0.2) is 54.6 Å². The first-order valence-electron chi connectivity index (χ1n) is 5.50. The summed E-state index contributed by atoms with van der Waals surface area (Å²) in [6.07, 6.45) is 0. The molecule has 0 aliphatic heterocycles. The van der Waals surface area contributed by atoms with Gasteiger partial charge in [0.05, 0.1) is 0 Å². The highest BCUT2D eigenvalue weighted by Crippen LogP contribution is 2.23. The highest BCUT2D eigenvalue weighted by atomic mass is 16.5. The summed E-state index contributed by atoms with van der Waals surface area (Å²) in [6.45, 7) is 0. The van der Waals surface area contributed by atoms with Crippen LogP contribution >= 0.6 is 0 Å². The van der Waals surface area contributed by atoms with E-state index < -0.39 is 11.9 Å². The Morgan fingerprint density at radius 2 is 1.32 bits per heavy atom. The molecule has 5 nitrogen and oxygen atoms in total. The minimum absolute atomic E-state index is 0.226. The highest BCUT2D eigenvalue weighted by Gasteiger charge is 2.11. The van der Waals surface area contributed by atoms with Gasteiger partial charge in [-0.15, -0.1) is 0 Å². The van der Waals surface area contributed by atoms with Gasteiger partial charge in [-0.25, -0.2) is 4.79 Å². The molecule has 0 bridgehead atoms. The Balaban J connectivity index is 2.03. The Labute approximate surface area is 109 Å². The smallest absolute Gasteiger partial charge is 0.401 e. The molecule has 19 heavy (non-hydrogen) atoms. The SMILES string of the molecule is NC(=O)C(=O)Oc1ccc(Oc2ccccc2)cc1. The van der Waals surface area contributed by atoms with E-state index in [9.17, 15) is 9.59 Å². The van der Waals surface area contributed by atoms with Crippen LogP contribution < -0.4 is 15.2 Å². The average molecular weight is 257 g/mol. The molecule has 0 atom stereocenters. The predicted octanol–water partition coefficient (Wildman–Crippen LogP) is 1.87. The summed E-state index contributed by atoms with van der Waals surface area (Å²) < 4.78 is 10.3. The van der Waals surface area contributed by atoms with Gasteiger partial charge in [0.15, 0.2) is 0 Å². The second-order valence-corrected chi connectivity index (χ2v) is 3.64. The van der Waals surface area contributed by atoms with Gasteiger partial charge in [-0.05, 0) is 36.4 Å². The third-order valence-electron chi connectivity index (χ3n) is 2.21. The first kappa shape index (κ1) is 12.6. The fourth-order valence-electron chi connectivity index (χ4n) is 1.36. The van der Waals surface area contributed by atoms with Gasteiger partial charge in [-0.2, -0.15) is 0 Å². The summed E-state index contributed by atoms with van der Waals surface area (Å²) in [5.41, 5.74) is 4.78. The average Bonchev–Trinajstić information content (AvgIpc) is 2.42. The lowest BCUT2D eigenvalue weighted by Crippen LogP contribution is -2.27. The summed E-state index contributed by atoms with van der Waals surface area (Å²) in [7, 11) is 0. The fourth-order valence-corrected chi connectivity index (χ4v) is 1.36. The molecule has 5 heteroatoms. The lowest BCUT2D eigenvalue weighted by molar-refractivity contribution is -0.146. The maximum Gasteiger partial charge on any atom is 0.401 e. The molecule has 0 spiro atoms. The molecule has 2 N–H and O–H groups in total. The third-order valence-corrected chi connectivity index (χ3v) is 2.21. The van der Waals surface area contributed by atoms with Crippen LogP contribution in [0, 0.1) is 0 Å². The minimum atomic E-state index is -1.13. The van der Waals surface area contributed by atoms with E-state index in [2.05, 4.69) is 0 Å². The van der Waals surface area contributed by atoms with E-state index in [1.165, 1.54) is 12.1 Å². The molecule has 0 radical (unpaired) electrons. The summed E-state index contributed by atoms with van der Waals surface area (Å²) in [4.78, 5) is 21.5. The van der Waals surface area contributed by atoms with E-state index in [0.29, 0.717) is 11.5 Å². The largest absolute Gasteiger partial charge is 0.457 e. The van der Waals surface area contributed by atoms with Crippen LogP contribution in [0.1, 0.15) is 0 Å². The zero-order valence-electron chi connectivity index (χ0n) is 9.91. The number of nitrogens with two attached hydrogens (primary N) is 1. The van der Waals surface area contributed by atoms with Crippen molar-refractivity contribution in [3.05, 3.63) is 54.6 Å². The van der Waals surface area contributed by atoms with Crippen molar-refractivity contribution in [3.8, 4) is 17.2 Å². The van der Waals surface area contributed by atoms with E-state index >= 15 is 0 Å². The van der Waals surface area contributed by atoms with Crippen molar-refractivity contribution < 1.29 is 19.1 Å². The molecule has 1 amide bonds. The molecule has 0 heterocycles. The highest BCUT2D eigenvalue weighted by molar-refractivity contribution is 6.32. The maximum atomic E-state index is 11.0. The Kier molecular flexibility index (Phi) is 3.78. The normalized spacial score (nSPS) is 9.68. The molecule has 0 unspecified atom stereocenters. The minimum Gasteiger partial charge on any atom is -0.457 e. The van der Waals surface area contributed by atoms with Crippen molar-refractivity contribution in [2.24, 2.45) is 5.73 Å². The number of carbonyl (C=O) groups is 2. The van der Waals surface area contributed by atoms with Crippen molar-refractivity contribution in [1.82, 2.24) is 0 Å². The van der Waals surface area contributed by atoms with Crippen molar-refractivity contribution in [2.45, 2.75) is 0 Å². The van der Waals surface area contributed by atoms with E-state index in [0.717, 1.165) is 0 Å². The van der Waals surface area contributed by atoms with Gasteiger partial charge in [-0.3, -0.25) is 4.79 Å². The molecule has 2 rings (SSSR count). The summed E-state index contributed by atoms with van der Waals surface area (Å²) in [5.74, 6) is -0.722. The lowest BCUT2D eigenvalue weighted by Gasteiger charge is -2.06. The van der Waals surface area contributed by atoms with Crippen molar-refractivity contribution in [2.75, 3.05) is 0 Å². The zero-order chi connectivity index (χ0) is 13.7. The molecule has 0 saturated carbocycles. The van der Waals surface area contributed by atoms with Gasteiger partial charge in [0.1, 0.15) is 17.2 Å². The maximum absolute atomic E-state index is 11.0. The lowest BCUT2D eigenvalue weighted by atomic mass is 10.3. The molecule has 2 aromatic rings. The fraction of sp³-hybridized carbons (Fsp3) is 0. The second kappa shape index (κ2) is 5.68. The number of primary amides is 1. The summed E-state index contributed by atoms with van der Waals surface area (Å²) >= 11 is 0. The van der Waals surface area contributed by atoms with Crippen LogP contribution in [0.25, 0.3) is 0 Å². The molecule has 2 aromatic carbocycles. The van der Waals surface area contributed by atoms with Gasteiger partial charge >= 0.3 is 11.9 Å². The number of hydrogen-bond acceptors (Lipinski definition) is 4. The van der Waals surface area contributed by atoms with Crippen molar-refractivity contribution >= 4 is 11.9 Å². The monoisotopic (exact) mass is 257 g/mol. The number of amides is 1. The van der Waals surface area contributed by atoms with Crippen molar-refractivity contribution in [3.63, 3.8) is 0 Å². The van der Waals surface area contributed by atoms with Crippen LogP contribution in [0.5, 0.6) is 17.2 Å². The molecule has 0 fully saturated rings. The van der Waals surface area contributed by atoms with Gasteiger partial charge in [0.25, 0.3) is 0 Å². The number of carbonyl (C=O) groups excluding carboxylic acids is 2. The molecule has 0 saturated heterocycles. The van der Waals surface area contributed by atoms with Crippen LogP contribution in [0.4, 0.5) is 0 Å². The second-order valence-electron chi connectivity index (χ2n) is 3.64. The predicted molar refractivity (Wildman–Crippen MR) is 67.8 cm³/mol. The van der Waals surface area contributed by atoms with Gasteiger partial charge in [0, 0.05) is 0 Å². The molecule has 96 valence electrons. The number of para-hydroxylation sites is 1. The van der Waals surface area contributed by atoms with E-state index in [-0.39, 0.29) is 5.75 Å². The molecular weight excluding hydrogens is 246 g/mol. The van der Waals surface area contributed by atoms with Gasteiger partial charge in [0.2, 0.25) is 0 Å². The molecule has 0 aliphatic carbocycles. The number of esters is 1. The first-order valence-corrected chi connectivity index (χ1v) is 5.50. The number of hydrogen-bond donors (Lipinski definition) is 1. The Morgan fingerprint density at radius 3 is 1.89 bits per heavy atom. The number of ether oxygens (including phenoxy) is 2. The zero-order valence-corrected chi connectivity index (χ0v) is 9.91. The Hall–Kier alpha value is -2.82. The standard InChI is InChI=1S/C14H11NO4/c15-13(16)14(17)19-12-8-6-11(7-9-12)18-10-4-2-1-3-5-10/h1-9H,(H2,15,16). The van der Waals surface area contributed by atoms with Crippen LogP contribution in [0.3, 0.4) is 0 Å². The summed E-state index contributed by atoms with van der Waals surface area (Å²) in [6, 6.07) is 15.5. The van der Waals surface area contributed by atoms with E-state index in [4.69, 9.17) is 15.2 Å². The third kappa shape index (κ3) is 3.57. The Morgan fingerprint density at radius 1 is 0.789 bits per heavy atom. The Bertz CT molecular complexity index is 578. The van der Waals surface area contributed by atoms with Gasteiger partial charge in [-0.1, -0.05) is 18.2 Å². The molecule has 0 aromatic heterocycles. The number of benzene rings is 2. The van der Waals surface area contributed by atoms with Crippen molar-refractivity contribution in [1.29, 1.82) is 0 Å². The van der Waals surface area contributed by atoms with E-state index in [1.807, 2.05) is 30.3 Å². The topological polar surface area (TPSA) is 78.6 Å². The van der Waals surface area contributed by atoms with Crippen LogP contribution in [-0.2, 0) is 9.59 Å². The quantitative estimate of drug-likeness (QED) is 0.517. The molecule has 0 aliphatic rings. The summed E-state index contributed by atoms with van der Waals surface area (Å²) in [5, 5.41) is 0. The molecular formula is C14H11NO4.